The molecule has 0 nitrogen and oxygen atoms in total. The van der Waals surface area contributed by atoms with Crippen molar-refractivity contribution >= 4 is 67.9 Å². The second-order valence-corrected chi connectivity index (χ2v) is 0.408. The number of hydrogen-bond acceptors (Lipinski definition) is 0. The standard InChI is InChI=1S/C3H6.4BrH/c1-3-2;;;;/h3H,1H2,2H3;4*1H. The van der Waals surface area contributed by atoms with E-state index >= 15 is 0 Å². The molecule has 0 saturated carbocycles. The van der Waals surface area contributed by atoms with Gasteiger partial charge in [-0.1, -0.05) is 6.08 Å². The molecule has 0 saturated heterocycles. The lowest BCUT2D eigenvalue weighted by molar-refractivity contribution is 1.80. The van der Waals surface area contributed by atoms with E-state index in [1.165, 1.54) is 0 Å². The van der Waals surface area contributed by atoms with Crippen LogP contribution in [0, 0.1) is 0 Å². The van der Waals surface area contributed by atoms with E-state index in [0.717, 1.165) is 0 Å². The van der Waals surface area contributed by atoms with Crippen molar-refractivity contribution < 1.29 is 0 Å². The van der Waals surface area contributed by atoms with Gasteiger partial charge in [0.25, 0.3) is 0 Å². The molecule has 0 spiro atoms. The van der Waals surface area contributed by atoms with E-state index in [0.29, 0.717) is 0 Å². The first-order valence-electron chi connectivity index (χ1n) is 0.986. The molecule has 0 rings (SSSR count). The van der Waals surface area contributed by atoms with Crippen molar-refractivity contribution in [3.05, 3.63) is 12.7 Å². The molecule has 0 aromatic rings. The number of rotatable bonds is 0. The molecule has 4 heteroatoms. The number of allylic oxidation sites excluding steroid dienone is 1. The van der Waals surface area contributed by atoms with Crippen molar-refractivity contribution in [2.75, 3.05) is 0 Å². The highest BCUT2D eigenvalue weighted by Gasteiger charge is 1.15. The molecule has 0 aromatic heterocycles. The molecule has 0 heterocycles. The van der Waals surface area contributed by atoms with Gasteiger partial charge < -0.3 is 0 Å². The van der Waals surface area contributed by atoms with E-state index in [9.17, 15) is 0 Å². The predicted octanol–water partition coefficient (Wildman–Crippen LogP) is 3.50. The molecule has 0 aliphatic heterocycles. The van der Waals surface area contributed by atoms with Crippen molar-refractivity contribution in [2.45, 2.75) is 6.92 Å². The summed E-state index contributed by atoms with van der Waals surface area (Å²) in [5.74, 6) is 0. The van der Waals surface area contributed by atoms with Crippen LogP contribution in [-0.4, -0.2) is 0 Å². The first-order chi connectivity index (χ1) is 1.41. The zero-order chi connectivity index (χ0) is 2.71. The Kier molecular flexibility index (Phi) is 260. The van der Waals surface area contributed by atoms with Crippen LogP contribution in [0.4, 0.5) is 0 Å². The van der Waals surface area contributed by atoms with Gasteiger partial charge in [-0.25, -0.2) is 0 Å². The third kappa shape index (κ3) is 89.1. The molecule has 0 aliphatic rings. The van der Waals surface area contributed by atoms with Crippen LogP contribution in [0.1, 0.15) is 6.92 Å². The second kappa shape index (κ2) is 48.0. The third-order valence-corrected chi connectivity index (χ3v) is 0. The average Bonchev–Trinajstić information content (AvgIpc) is 0.918. The first-order valence-corrected chi connectivity index (χ1v) is 0.986. The molecule has 50 valence electrons. The zero-order valence-electron chi connectivity index (χ0n) is 3.92. The normalized spacial score (nSPS) is 1.86. The summed E-state index contributed by atoms with van der Waals surface area (Å²) in [4.78, 5) is 0. The Bertz CT molecular complexity index is 14.4. The van der Waals surface area contributed by atoms with Crippen molar-refractivity contribution in [3.8, 4) is 0 Å². The highest BCUT2D eigenvalue weighted by atomic mass is 79.9. The SMILES string of the molecule is Br.Br.Br.Br.C=CC. The Morgan fingerprint density at radius 2 is 1.00 bits per heavy atom. The van der Waals surface area contributed by atoms with E-state index in [1.807, 2.05) is 6.92 Å². The van der Waals surface area contributed by atoms with Gasteiger partial charge in [0.1, 0.15) is 0 Å². The molecule has 7 heavy (non-hydrogen) atoms. The lowest BCUT2D eigenvalue weighted by Gasteiger charge is -1.31. The summed E-state index contributed by atoms with van der Waals surface area (Å²) in [6.07, 6.45) is 1.75. The van der Waals surface area contributed by atoms with Crippen LogP contribution in [0.5, 0.6) is 0 Å². The second-order valence-electron chi connectivity index (χ2n) is 0.408. The van der Waals surface area contributed by atoms with E-state index in [1.54, 1.807) is 6.08 Å². The van der Waals surface area contributed by atoms with Crippen molar-refractivity contribution in [1.82, 2.24) is 0 Å². The maximum atomic E-state index is 3.36. The quantitative estimate of drug-likeness (QED) is 0.576. The van der Waals surface area contributed by atoms with Crippen LogP contribution in [0.15, 0.2) is 12.7 Å². The van der Waals surface area contributed by atoms with Crippen LogP contribution in [0.2, 0.25) is 0 Å². The van der Waals surface area contributed by atoms with Crippen molar-refractivity contribution in [1.29, 1.82) is 0 Å². The van der Waals surface area contributed by atoms with Crippen LogP contribution in [0.3, 0.4) is 0 Å². The molecule has 0 aromatic carbocycles. The average molecular weight is 366 g/mol. The molecule has 0 atom stereocenters. The van der Waals surface area contributed by atoms with Gasteiger partial charge in [-0.15, -0.1) is 74.5 Å². The lowest BCUT2D eigenvalue weighted by Crippen LogP contribution is -1.07. The highest BCUT2D eigenvalue weighted by Crippen LogP contribution is 1.38. The first kappa shape index (κ1) is 37.9. The number of halogens is 4. The van der Waals surface area contributed by atoms with Gasteiger partial charge in [-0.2, -0.15) is 0 Å². The summed E-state index contributed by atoms with van der Waals surface area (Å²) in [7, 11) is 0. The third-order valence-electron chi connectivity index (χ3n) is 0. The molecule has 0 bridgehead atoms. The maximum Gasteiger partial charge on any atom is -0.0473 e. The Hall–Kier alpha value is 1.66. The highest BCUT2D eigenvalue weighted by molar-refractivity contribution is 8.93. The minimum Gasteiger partial charge on any atom is -0.114 e. The Labute approximate surface area is 86.8 Å². The predicted molar refractivity (Wildman–Crippen MR) is 57.2 cm³/mol. The monoisotopic (exact) mass is 362 g/mol. The smallest absolute Gasteiger partial charge is 0.0473 e. The summed E-state index contributed by atoms with van der Waals surface area (Å²) in [6.45, 7) is 5.25. The van der Waals surface area contributed by atoms with E-state index < -0.39 is 0 Å². The van der Waals surface area contributed by atoms with Gasteiger partial charge in [-0.3, -0.25) is 0 Å². The summed E-state index contributed by atoms with van der Waals surface area (Å²) < 4.78 is 0. The van der Waals surface area contributed by atoms with Crippen LogP contribution < -0.4 is 0 Å². The summed E-state index contributed by atoms with van der Waals surface area (Å²) in [6, 6.07) is 0. The van der Waals surface area contributed by atoms with E-state index in [4.69, 9.17) is 0 Å². The van der Waals surface area contributed by atoms with Gasteiger partial charge in [0.05, 0.1) is 0 Å². The molecular weight excluding hydrogens is 356 g/mol. The molecule has 0 aliphatic carbocycles. The molecule has 0 N–H and O–H groups in total. The Morgan fingerprint density at radius 3 is 1.00 bits per heavy atom. The van der Waals surface area contributed by atoms with Gasteiger partial charge in [0, 0.05) is 0 Å². The molecule has 0 unspecified atom stereocenters. The van der Waals surface area contributed by atoms with E-state index in [2.05, 4.69) is 6.58 Å². The summed E-state index contributed by atoms with van der Waals surface area (Å²) in [5.41, 5.74) is 0. The van der Waals surface area contributed by atoms with E-state index in [-0.39, 0.29) is 67.9 Å². The van der Waals surface area contributed by atoms with Crippen LogP contribution in [0.25, 0.3) is 0 Å². The maximum absolute atomic E-state index is 3.36. The van der Waals surface area contributed by atoms with Crippen LogP contribution in [-0.2, 0) is 0 Å². The largest absolute Gasteiger partial charge is 0.114 e. The molecule has 0 amide bonds. The fraction of sp³-hybridized carbons (Fsp3) is 0.333. The fourth-order valence-electron chi connectivity index (χ4n) is 0. The Morgan fingerprint density at radius 1 is 1.00 bits per heavy atom. The van der Waals surface area contributed by atoms with Gasteiger partial charge >= 0.3 is 0 Å². The lowest BCUT2D eigenvalue weighted by atomic mass is 10.8. The summed E-state index contributed by atoms with van der Waals surface area (Å²) in [5, 5.41) is 0. The Balaban J connectivity index is -0.00000000333. The minimum atomic E-state index is 0. The summed E-state index contributed by atoms with van der Waals surface area (Å²) >= 11 is 0. The van der Waals surface area contributed by atoms with Gasteiger partial charge in [0.2, 0.25) is 0 Å². The molecular formula is C3H10Br4. The zero-order valence-corrected chi connectivity index (χ0v) is 10.8. The van der Waals surface area contributed by atoms with Crippen molar-refractivity contribution in [3.63, 3.8) is 0 Å². The van der Waals surface area contributed by atoms with Crippen molar-refractivity contribution in [2.24, 2.45) is 0 Å². The fourth-order valence-corrected chi connectivity index (χ4v) is 0. The molecule has 0 fully saturated rings. The van der Waals surface area contributed by atoms with Gasteiger partial charge in [0.15, 0.2) is 0 Å². The number of hydrogen-bond donors (Lipinski definition) is 0. The minimum absolute atomic E-state index is 0. The van der Waals surface area contributed by atoms with Crippen LogP contribution >= 0.6 is 67.9 Å². The van der Waals surface area contributed by atoms with Gasteiger partial charge in [-0.05, 0) is 6.92 Å². The topological polar surface area (TPSA) is 0 Å². The molecule has 0 radical (unpaired) electrons.